The van der Waals surface area contributed by atoms with Crippen molar-refractivity contribution in [1.82, 2.24) is 19.6 Å². The maximum Gasteiger partial charge on any atom is 0.249 e. The molecule has 0 aromatic rings. The molecule has 3 saturated heterocycles. The van der Waals surface area contributed by atoms with Crippen LogP contribution in [0.4, 0.5) is 0 Å². The van der Waals surface area contributed by atoms with Crippen molar-refractivity contribution >= 4 is 17.7 Å². The molecule has 0 radical (unpaired) electrons. The molecule has 3 fully saturated rings. The zero-order chi connectivity index (χ0) is 27.0. The van der Waals surface area contributed by atoms with Crippen LogP contribution in [0.3, 0.4) is 0 Å². The fourth-order valence-electron chi connectivity index (χ4n) is 6.91. The standard InChI is InChI=1S/C28H42N4O6/c1-4-9-30-10-5-7-21-22(25(30)34)23-26(35)32(20(18-33)19(2)3)24-27(36)31(11-6-8-28(23,24)38-21)13-12-29-14-16-37-17-15-29/h5-8,19-24,33H,4,9-18H2,1-3H3/t20-,21+,22-,23-,24?,28-/m0/s1. The van der Waals surface area contributed by atoms with Gasteiger partial charge in [0.15, 0.2) is 0 Å². The number of hydrogen-bond donors (Lipinski definition) is 1. The largest absolute Gasteiger partial charge is 0.394 e. The van der Waals surface area contributed by atoms with Crippen LogP contribution in [0.1, 0.15) is 27.2 Å². The number of aliphatic hydroxyl groups is 1. The lowest BCUT2D eigenvalue weighted by molar-refractivity contribution is -0.152. The Morgan fingerprint density at radius 2 is 1.71 bits per heavy atom. The van der Waals surface area contributed by atoms with Gasteiger partial charge in [-0.05, 0) is 12.3 Å². The van der Waals surface area contributed by atoms with Gasteiger partial charge in [0.25, 0.3) is 0 Å². The smallest absolute Gasteiger partial charge is 0.249 e. The quantitative estimate of drug-likeness (QED) is 0.445. The number of ether oxygens (including phenoxy) is 2. The summed E-state index contributed by atoms with van der Waals surface area (Å²) in [5.41, 5.74) is -1.26. The minimum absolute atomic E-state index is 0.0845. The van der Waals surface area contributed by atoms with E-state index in [1.807, 2.05) is 45.1 Å². The molecule has 1 spiro atoms. The summed E-state index contributed by atoms with van der Waals surface area (Å²) in [6.07, 6.45) is 7.87. The molecule has 5 rings (SSSR count). The fraction of sp³-hybridized carbons (Fsp3) is 0.750. The van der Waals surface area contributed by atoms with Crippen LogP contribution in [0.25, 0.3) is 0 Å². The number of aliphatic hydroxyl groups excluding tert-OH is 1. The van der Waals surface area contributed by atoms with Crippen LogP contribution < -0.4 is 0 Å². The van der Waals surface area contributed by atoms with Crippen molar-refractivity contribution in [2.75, 3.05) is 65.6 Å². The average molecular weight is 531 g/mol. The van der Waals surface area contributed by atoms with Gasteiger partial charge in [-0.1, -0.05) is 45.1 Å². The molecule has 3 amide bonds. The van der Waals surface area contributed by atoms with E-state index in [1.54, 1.807) is 14.7 Å². The summed E-state index contributed by atoms with van der Waals surface area (Å²) in [6.45, 7) is 11.4. The van der Waals surface area contributed by atoms with Gasteiger partial charge in [-0.15, -0.1) is 0 Å². The third-order valence-corrected chi connectivity index (χ3v) is 8.86. The van der Waals surface area contributed by atoms with Crippen LogP contribution in [-0.4, -0.2) is 132 Å². The minimum atomic E-state index is -1.26. The van der Waals surface area contributed by atoms with E-state index in [0.717, 1.165) is 19.5 Å². The normalized spacial score (nSPS) is 34.4. The van der Waals surface area contributed by atoms with Gasteiger partial charge in [-0.2, -0.15) is 0 Å². The molecule has 210 valence electrons. The maximum absolute atomic E-state index is 14.3. The monoisotopic (exact) mass is 530 g/mol. The lowest BCUT2D eigenvalue weighted by Gasteiger charge is -2.40. The average Bonchev–Trinajstić information content (AvgIpc) is 3.22. The second kappa shape index (κ2) is 11.1. The highest BCUT2D eigenvalue weighted by atomic mass is 16.5. The molecule has 5 aliphatic rings. The van der Waals surface area contributed by atoms with Crippen molar-refractivity contribution in [3.63, 3.8) is 0 Å². The van der Waals surface area contributed by atoms with Gasteiger partial charge < -0.3 is 29.3 Å². The van der Waals surface area contributed by atoms with Gasteiger partial charge in [-0.25, -0.2) is 0 Å². The van der Waals surface area contributed by atoms with Crippen LogP contribution >= 0.6 is 0 Å². The topological polar surface area (TPSA) is 103 Å². The molecule has 38 heavy (non-hydrogen) atoms. The number of likely N-dealkylation sites (tertiary alicyclic amines) is 1. The highest BCUT2D eigenvalue weighted by Gasteiger charge is 2.72. The van der Waals surface area contributed by atoms with E-state index in [-0.39, 0.29) is 30.2 Å². The third kappa shape index (κ3) is 4.49. The Bertz CT molecular complexity index is 978. The van der Waals surface area contributed by atoms with Gasteiger partial charge in [-0.3, -0.25) is 19.3 Å². The van der Waals surface area contributed by atoms with E-state index in [0.29, 0.717) is 45.9 Å². The molecule has 0 aromatic carbocycles. The highest BCUT2D eigenvalue weighted by molar-refractivity contribution is 6.00. The van der Waals surface area contributed by atoms with Crippen LogP contribution in [0.5, 0.6) is 0 Å². The van der Waals surface area contributed by atoms with E-state index >= 15 is 0 Å². The van der Waals surface area contributed by atoms with Gasteiger partial charge in [0, 0.05) is 45.8 Å². The van der Waals surface area contributed by atoms with Gasteiger partial charge in [0.05, 0.1) is 43.8 Å². The zero-order valence-corrected chi connectivity index (χ0v) is 22.8. The Morgan fingerprint density at radius 3 is 2.39 bits per heavy atom. The van der Waals surface area contributed by atoms with Crippen molar-refractivity contribution < 1.29 is 29.0 Å². The lowest BCUT2D eigenvalue weighted by Crippen LogP contribution is -2.59. The number of fused-ring (bicyclic) bond motifs is 2. The SMILES string of the molecule is CCCN1CC=C[C@H]2O[C@]34C=CCN(CCN5CCOCC5)C(=O)C3N([C@@H](CO)C(C)C)C(=O)[C@@H]4[C@H]2C1=O. The van der Waals surface area contributed by atoms with Gasteiger partial charge in [0.2, 0.25) is 17.7 Å². The van der Waals surface area contributed by atoms with Crippen LogP contribution in [0, 0.1) is 17.8 Å². The van der Waals surface area contributed by atoms with Crippen LogP contribution in [0.2, 0.25) is 0 Å². The second-order valence-electron chi connectivity index (χ2n) is 11.4. The molecule has 0 bridgehead atoms. The summed E-state index contributed by atoms with van der Waals surface area (Å²) in [6, 6.07) is -1.49. The summed E-state index contributed by atoms with van der Waals surface area (Å²) >= 11 is 0. The van der Waals surface area contributed by atoms with Crippen molar-refractivity contribution in [3.8, 4) is 0 Å². The summed E-state index contributed by atoms with van der Waals surface area (Å²) in [7, 11) is 0. The molecule has 0 saturated carbocycles. The number of carbonyl (C=O) groups is 3. The number of rotatable bonds is 8. The van der Waals surface area contributed by atoms with Crippen molar-refractivity contribution in [2.45, 2.75) is 51.0 Å². The predicted octanol–water partition coefficient (Wildman–Crippen LogP) is 0.123. The molecule has 0 aromatic heterocycles. The Morgan fingerprint density at radius 1 is 1.00 bits per heavy atom. The Labute approximate surface area is 225 Å². The molecule has 10 nitrogen and oxygen atoms in total. The van der Waals surface area contributed by atoms with Gasteiger partial charge >= 0.3 is 0 Å². The molecule has 1 N–H and O–H groups in total. The highest BCUT2D eigenvalue weighted by Crippen LogP contribution is 2.54. The molecule has 5 aliphatic heterocycles. The van der Waals surface area contributed by atoms with Crippen molar-refractivity contribution in [2.24, 2.45) is 17.8 Å². The zero-order valence-electron chi connectivity index (χ0n) is 22.8. The summed E-state index contributed by atoms with van der Waals surface area (Å²) in [5.74, 6) is -2.17. The van der Waals surface area contributed by atoms with Crippen molar-refractivity contribution in [3.05, 3.63) is 24.3 Å². The second-order valence-corrected chi connectivity index (χ2v) is 11.4. The van der Waals surface area contributed by atoms with Gasteiger partial charge in [0.1, 0.15) is 11.6 Å². The maximum atomic E-state index is 14.3. The minimum Gasteiger partial charge on any atom is -0.394 e. The summed E-state index contributed by atoms with van der Waals surface area (Å²) < 4.78 is 12.1. The molecule has 5 heterocycles. The Balaban J connectivity index is 1.52. The number of carbonyl (C=O) groups excluding carboxylic acids is 3. The first-order valence-electron chi connectivity index (χ1n) is 14.2. The fourth-order valence-corrected chi connectivity index (χ4v) is 6.91. The van der Waals surface area contributed by atoms with Crippen LogP contribution in [0.15, 0.2) is 24.3 Å². The first-order valence-corrected chi connectivity index (χ1v) is 14.2. The van der Waals surface area contributed by atoms with E-state index in [4.69, 9.17) is 9.47 Å². The number of nitrogens with zero attached hydrogens (tertiary/aromatic N) is 4. The summed E-state index contributed by atoms with van der Waals surface area (Å²) in [5, 5.41) is 10.4. The Hall–Kier alpha value is -2.27. The van der Waals surface area contributed by atoms with E-state index in [9.17, 15) is 19.5 Å². The molecular formula is C28H42N4O6. The molecule has 10 heteroatoms. The summed E-state index contributed by atoms with van der Waals surface area (Å²) in [4.78, 5) is 49.9. The first-order chi connectivity index (χ1) is 18.3. The van der Waals surface area contributed by atoms with E-state index in [1.165, 1.54) is 0 Å². The Kier molecular flexibility index (Phi) is 7.96. The first kappa shape index (κ1) is 27.3. The third-order valence-electron chi connectivity index (χ3n) is 8.86. The number of amides is 3. The van der Waals surface area contributed by atoms with E-state index in [2.05, 4.69) is 4.90 Å². The predicted molar refractivity (Wildman–Crippen MR) is 140 cm³/mol. The van der Waals surface area contributed by atoms with Crippen molar-refractivity contribution in [1.29, 1.82) is 0 Å². The van der Waals surface area contributed by atoms with E-state index < -0.39 is 35.6 Å². The molecular weight excluding hydrogens is 488 g/mol. The number of hydrogen-bond acceptors (Lipinski definition) is 7. The van der Waals surface area contributed by atoms with Crippen LogP contribution in [-0.2, 0) is 23.9 Å². The molecule has 0 aliphatic carbocycles. The molecule has 1 unspecified atom stereocenters. The lowest BCUT2D eigenvalue weighted by atomic mass is 9.77. The molecule has 6 atom stereocenters. The number of morpholine rings is 1.